The van der Waals surface area contributed by atoms with E-state index in [0.29, 0.717) is 0 Å². The maximum Gasteiger partial charge on any atom is 0.118 e. The van der Waals surface area contributed by atoms with E-state index in [2.05, 4.69) is 17.6 Å². The van der Waals surface area contributed by atoms with Crippen molar-refractivity contribution in [2.75, 3.05) is 12.4 Å². The van der Waals surface area contributed by atoms with Crippen molar-refractivity contribution in [3.63, 3.8) is 0 Å². The van der Waals surface area contributed by atoms with Crippen LogP contribution in [0.5, 0.6) is 5.75 Å². The monoisotopic (exact) mass is 285 g/mol. The maximum absolute atomic E-state index is 5.87. The Bertz CT molecular complexity index is 610. The number of halogens is 1. The van der Waals surface area contributed by atoms with Crippen LogP contribution in [0.15, 0.2) is 66.5 Å². The molecule has 2 aromatic rings. The first-order chi connectivity index (χ1) is 9.71. The van der Waals surface area contributed by atoms with E-state index >= 15 is 0 Å². The lowest BCUT2D eigenvalue weighted by atomic mass is 10.1. The maximum atomic E-state index is 5.87. The molecule has 0 aliphatic carbocycles. The van der Waals surface area contributed by atoms with Crippen LogP contribution in [-0.4, -0.2) is 7.11 Å². The number of ether oxygens (including phenoxy) is 1. The molecule has 2 rings (SSSR count). The Morgan fingerprint density at radius 1 is 1.15 bits per heavy atom. The standard InChI is InChI=1S/C17H16ClNO/c1-3-15(19-16-8-6-14(18)7-9-16)12-13-4-10-17(20-2)11-5-13/h4-11,19H,1,12H2,2H3. The minimum atomic E-state index is 0.717. The van der Waals surface area contributed by atoms with Crippen molar-refractivity contribution in [2.45, 2.75) is 6.42 Å². The van der Waals surface area contributed by atoms with Gasteiger partial charge in [-0.1, -0.05) is 30.3 Å². The van der Waals surface area contributed by atoms with Gasteiger partial charge in [0.25, 0.3) is 0 Å². The number of nitrogens with one attached hydrogen (secondary N) is 1. The van der Waals surface area contributed by atoms with E-state index in [1.807, 2.05) is 48.5 Å². The number of methoxy groups -OCH3 is 1. The third-order valence-electron chi connectivity index (χ3n) is 2.89. The molecule has 0 fully saturated rings. The first kappa shape index (κ1) is 14.3. The van der Waals surface area contributed by atoms with E-state index in [9.17, 15) is 0 Å². The smallest absolute Gasteiger partial charge is 0.118 e. The Kier molecular flexibility index (Phi) is 4.89. The van der Waals surface area contributed by atoms with Gasteiger partial charge >= 0.3 is 0 Å². The van der Waals surface area contributed by atoms with Crippen LogP contribution in [0.2, 0.25) is 5.02 Å². The predicted octanol–water partition coefficient (Wildman–Crippen LogP) is 4.67. The van der Waals surface area contributed by atoms with Gasteiger partial charge in [0.1, 0.15) is 5.75 Å². The van der Waals surface area contributed by atoms with Crippen molar-refractivity contribution in [3.8, 4) is 5.75 Å². The summed E-state index contributed by atoms with van der Waals surface area (Å²) in [6, 6.07) is 15.5. The third-order valence-corrected chi connectivity index (χ3v) is 3.14. The van der Waals surface area contributed by atoms with Crippen LogP contribution >= 0.6 is 11.6 Å². The summed E-state index contributed by atoms with van der Waals surface area (Å²) in [6.07, 6.45) is 0.732. The molecule has 0 spiro atoms. The SMILES string of the molecule is C=C=C(Cc1ccc(OC)cc1)Nc1ccc(Cl)cc1. The minimum Gasteiger partial charge on any atom is -0.497 e. The Morgan fingerprint density at radius 3 is 2.35 bits per heavy atom. The van der Waals surface area contributed by atoms with Crippen molar-refractivity contribution >= 4 is 17.3 Å². The lowest BCUT2D eigenvalue weighted by Gasteiger charge is -2.09. The Morgan fingerprint density at radius 2 is 1.80 bits per heavy atom. The molecule has 0 radical (unpaired) electrons. The lowest BCUT2D eigenvalue weighted by molar-refractivity contribution is 0.414. The molecule has 102 valence electrons. The van der Waals surface area contributed by atoms with Crippen LogP contribution in [0, 0.1) is 0 Å². The Labute approximate surface area is 124 Å². The van der Waals surface area contributed by atoms with E-state index in [1.165, 1.54) is 5.56 Å². The predicted molar refractivity (Wildman–Crippen MR) is 84.4 cm³/mol. The van der Waals surface area contributed by atoms with Crippen LogP contribution in [0.3, 0.4) is 0 Å². The Hall–Kier alpha value is -2.15. The average molecular weight is 286 g/mol. The molecule has 0 amide bonds. The summed E-state index contributed by atoms with van der Waals surface area (Å²) < 4.78 is 5.14. The summed E-state index contributed by atoms with van der Waals surface area (Å²) in [5, 5.41) is 4.00. The molecule has 0 unspecified atom stereocenters. The second kappa shape index (κ2) is 6.85. The van der Waals surface area contributed by atoms with Gasteiger partial charge < -0.3 is 10.1 Å². The molecule has 20 heavy (non-hydrogen) atoms. The molecular weight excluding hydrogens is 270 g/mol. The fraction of sp³-hybridized carbons (Fsp3) is 0.118. The van der Waals surface area contributed by atoms with Crippen LogP contribution in [-0.2, 0) is 6.42 Å². The molecule has 0 atom stereocenters. The number of hydrogen-bond donors (Lipinski definition) is 1. The summed E-state index contributed by atoms with van der Waals surface area (Å²) >= 11 is 5.87. The molecule has 2 nitrogen and oxygen atoms in total. The Balaban J connectivity index is 2.05. The zero-order chi connectivity index (χ0) is 14.4. The zero-order valence-corrected chi connectivity index (χ0v) is 12.1. The molecule has 3 heteroatoms. The largest absolute Gasteiger partial charge is 0.497 e. The molecule has 1 N–H and O–H groups in total. The molecule has 0 aliphatic heterocycles. The van der Waals surface area contributed by atoms with Crippen molar-refractivity contribution in [1.29, 1.82) is 0 Å². The fourth-order valence-electron chi connectivity index (χ4n) is 1.81. The third kappa shape index (κ3) is 3.92. The van der Waals surface area contributed by atoms with Gasteiger partial charge in [-0.2, -0.15) is 0 Å². The van der Waals surface area contributed by atoms with Crippen molar-refractivity contribution in [3.05, 3.63) is 77.1 Å². The highest BCUT2D eigenvalue weighted by Gasteiger charge is 2.01. The highest BCUT2D eigenvalue weighted by molar-refractivity contribution is 6.30. The molecule has 0 aliphatic rings. The molecule has 0 aromatic heterocycles. The van der Waals surface area contributed by atoms with E-state index < -0.39 is 0 Å². The van der Waals surface area contributed by atoms with Gasteiger partial charge in [-0.05, 0) is 42.0 Å². The van der Waals surface area contributed by atoms with Gasteiger partial charge in [-0.15, -0.1) is 5.73 Å². The zero-order valence-electron chi connectivity index (χ0n) is 11.3. The summed E-state index contributed by atoms with van der Waals surface area (Å²) in [4.78, 5) is 0. The number of rotatable bonds is 5. The average Bonchev–Trinajstić information content (AvgIpc) is 2.49. The lowest BCUT2D eigenvalue weighted by Crippen LogP contribution is -2.01. The molecule has 2 aromatic carbocycles. The number of allylic oxidation sites excluding steroid dienone is 1. The molecule has 0 bridgehead atoms. The highest BCUT2D eigenvalue weighted by atomic mass is 35.5. The quantitative estimate of drug-likeness (QED) is 0.806. The summed E-state index contributed by atoms with van der Waals surface area (Å²) in [5.41, 5.74) is 5.98. The highest BCUT2D eigenvalue weighted by Crippen LogP contribution is 2.18. The van der Waals surface area contributed by atoms with Gasteiger partial charge in [-0.25, -0.2) is 0 Å². The second-order valence-corrected chi connectivity index (χ2v) is 4.75. The van der Waals surface area contributed by atoms with Gasteiger partial charge in [0.05, 0.1) is 12.8 Å². The van der Waals surface area contributed by atoms with E-state index in [1.54, 1.807) is 7.11 Å². The molecule has 0 saturated carbocycles. The van der Waals surface area contributed by atoms with Crippen molar-refractivity contribution in [1.82, 2.24) is 0 Å². The normalized spacial score (nSPS) is 9.70. The van der Waals surface area contributed by atoms with Crippen LogP contribution in [0.1, 0.15) is 5.56 Å². The van der Waals surface area contributed by atoms with Crippen LogP contribution in [0.25, 0.3) is 0 Å². The van der Waals surface area contributed by atoms with Gasteiger partial charge in [0.15, 0.2) is 0 Å². The topological polar surface area (TPSA) is 21.3 Å². The molecular formula is C17H16ClNO. The van der Waals surface area contributed by atoms with E-state index in [0.717, 1.165) is 28.6 Å². The first-order valence-corrected chi connectivity index (χ1v) is 6.63. The number of benzene rings is 2. The number of hydrogen-bond acceptors (Lipinski definition) is 2. The van der Waals surface area contributed by atoms with Crippen LogP contribution in [0.4, 0.5) is 5.69 Å². The first-order valence-electron chi connectivity index (χ1n) is 6.25. The van der Waals surface area contributed by atoms with Crippen molar-refractivity contribution < 1.29 is 4.74 Å². The number of anilines is 1. The summed E-state index contributed by atoms with van der Waals surface area (Å²) in [5.74, 6) is 0.851. The summed E-state index contributed by atoms with van der Waals surface area (Å²) in [7, 11) is 1.66. The fourth-order valence-corrected chi connectivity index (χ4v) is 1.93. The van der Waals surface area contributed by atoms with Gasteiger partial charge in [0.2, 0.25) is 0 Å². The van der Waals surface area contributed by atoms with E-state index in [4.69, 9.17) is 16.3 Å². The van der Waals surface area contributed by atoms with Gasteiger partial charge in [0, 0.05) is 17.1 Å². The second-order valence-electron chi connectivity index (χ2n) is 4.31. The van der Waals surface area contributed by atoms with Crippen molar-refractivity contribution in [2.24, 2.45) is 0 Å². The minimum absolute atomic E-state index is 0.717. The molecule has 0 saturated heterocycles. The molecule has 0 heterocycles. The van der Waals surface area contributed by atoms with Gasteiger partial charge in [-0.3, -0.25) is 0 Å². The van der Waals surface area contributed by atoms with E-state index in [-0.39, 0.29) is 0 Å². The van der Waals surface area contributed by atoms with Crippen LogP contribution < -0.4 is 10.1 Å². The summed E-state index contributed by atoms with van der Waals surface area (Å²) in [6.45, 7) is 3.73.